The maximum atomic E-state index is 11.6. The minimum Gasteiger partial charge on any atom is -0.472 e. The van der Waals surface area contributed by atoms with Gasteiger partial charge in [0, 0.05) is 19.6 Å². The summed E-state index contributed by atoms with van der Waals surface area (Å²) >= 11 is 0. The van der Waals surface area contributed by atoms with E-state index in [1.807, 2.05) is 6.92 Å². The second-order valence-corrected chi connectivity index (χ2v) is 13.9. The maximum Gasteiger partial charge on any atom is 0.352 e. The van der Waals surface area contributed by atoms with Crippen molar-refractivity contribution in [3.8, 4) is 5.88 Å². The largest absolute Gasteiger partial charge is 0.472 e. The fourth-order valence-electron chi connectivity index (χ4n) is 3.11. The third-order valence-corrected chi connectivity index (χ3v) is 10.4. The van der Waals surface area contributed by atoms with Crippen LogP contribution in [0.3, 0.4) is 0 Å². The molecule has 28 heavy (non-hydrogen) atoms. The van der Waals surface area contributed by atoms with Gasteiger partial charge in [0.25, 0.3) is 0 Å². The average molecular weight is 414 g/mol. The Kier molecular flexibility index (Phi) is 7.27. The Morgan fingerprint density at radius 1 is 1.36 bits per heavy atom. The van der Waals surface area contributed by atoms with Crippen LogP contribution in [-0.4, -0.2) is 48.9 Å². The van der Waals surface area contributed by atoms with Crippen LogP contribution in [0, 0.1) is 17.0 Å². The molecule has 1 aliphatic heterocycles. The highest BCUT2D eigenvalue weighted by Gasteiger charge is 2.37. The van der Waals surface area contributed by atoms with Crippen molar-refractivity contribution in [1.29, 1.82) is 0 Å². The van der Waals surface area contributed by atoms with Crippen molar-refractivity contribution in [3.05, 3.63) is 15.8 Å². The van der Waals surface area contributed by atoms with E-state index in [0.717, 1.165) is 12.8 Å². The summed E-state index contributed by atoms with van der Waals surface area (Å²) in [4.78, 5) is 11.2. The fraction of sp³-hybridized carbons (Fsp3) is 0.842. The second-order valence-electron chi connectivity index (χ2n) is 9.11. The molecular formula is C19H35N3O5Si. The Hall–Kier alpha value is -1.45. The van der Waals surface area contributed by atoms with Crippen molar-refractivity contribution in [2.24, 2.45) is 0 Å². The van der Waals surface area contributed by atoms with Gasteiger partial charge in [-0.2, -0.15) is 0 Å². The van der Waals surface area contributed by atoms with Crippen LogP contribution >= 0.6 is 0 Å². The molecule has 2 heterocycles. The van der Waals surface area contributed by atoms with Crippen LogP contribution in [0.2, 0.25) is 18.1 Å². The van der Waals surface area contributed by atoms with E-state index < -0.39 is 13.2 Å². The first-order valence-electron chi connectivity index (χ1n) is 10.1. The molecule has 1 aliphatic rings. The van der Waals surface area contributed by atoms with E-state index in [9.17, 15) is 10.1 Å². The minimum absolute atomic E-state index is 0.0375. The van der Waals surface area contributed by atoms with Gasteiger partial charge in [-0.3, -0.25) is 14.8 Å². The molecule has 8 nitrogen and oxygen atoms in total. The molecule has 1 fully saturated rings. The monoisotopic (exact) mass is 413 g/mol. The van der Waals surface area contributed by atoms with Crippen molar-refractivity contribution in [2.45, 2.75) is 84.2 Å². The lowest BCUT2D eigenvalue weighted by molar-refractivity contribution is -0.386. The van der Waals surface area contributed by atoms with E-state index in [1.54, 1.807) is 11.6 Å². The molecule has 1 aromatic heterocycles. The predicted octanol–water partition coefficient (Wildman–Crippen LogP) is 4.63. The van der Waals surface area contributed by atoms with Crippen LogP contribution in [0.4, 0.5) is 5.69 Å². The lowest BCUT2D eigenvalue weighted by Crippen LogP contribution is -2.41. The van der Waals surface area contributed by atoms with E-state index in [2.05, 4.69) is 39.0 Å². The van der Waals surface area contributed by atoms with Gasteiger partial charge in [0.1, 0.15) is 5.69 Å². The summed E-state index contributed by atoms with van der Waals surface area (Å²) in [5.74, 6) is 0.106. The molecule has 0 saturated carbocycles. The molecule has 0 radical (unpaired) electrons. The first kappa shape index (κ1) is 22.8. The van der Waals surface area contributed by atoms with Gasteiger partial charge in [-0.15, -0.1) is 5.10 Å². The zero-order valence-corrected chi connectivity index (χ0v) is 19.3. The molecule has 0 spiro atoms. The van der Waals surface area contributed by atoms with E-state index in [-0.39, 0.29) is 28.8 Å². The lowest BCUT2D eigenvalue weighted by Gasteiger charge is -2.36. The average Bonchev–Trinajstić information content (AvgIpc) is 2.90. The standard InChI is InChI=1S/C19H35N3O5Si/c1-14-13-16(9-12-25-14)21-15(2)17(22(23)24)18(20-21)26-10-8-11-27-28(6,7)19(3,4)5/h14,16H,8-13H2,1-7H3. The Morgan fingerprint density at radius 2 is 2.04 bits per heavy atom. The van der Waals surface area contributed by atoms with Crippen molar-refractivity contribution >= 4 is 14.0 Å². The van der Waals surface area contributed by atoms with Crippen LogP contribution in [-0.2, 0) is 9.16 Å². The lowest BCUT2D eigenvalue weighted by atomic mass is 10.0. The Morgan fingerprint density at radius 3 is 2.61 bits per heavy atom. The third-order valence-electron chi connectivity index (χ3n) is 5.87. The van der Waals surface area contributed by atoms with Gasteiger partial charge in [0.15, 0.2) is 8.32 Å². The molecule has 9 heteroatoms. The number of ether oxygens (including phenoxy) is 2. The molecule has 160 valence electrons. The zero-order valence-electron chi connectivity index (χ0n) is 18.3. The summed E-state index contributed by atoms with van der Waals surface area (Å²) in [5, 5.41) is 16.2. The molecule has 0 bridgehead atoms. The van der Waals surface area contributed by atoms with E-state index in [0.29, 0.717) is 31.9 Å². The molecule has 1 aromatic rings. The smallest absolute Gasteiger partial charge is 0.352 e. The predicted molar refractivity (Wildman–Crippen MR) is 111 cm³/mol. The van der Waals surface area contributed by atoms with E-state index >= 15 is 0 Å². The van der Waals surface area contributed by atoms with Gasteiger partial charge >= 0.3 is 11.6 Å². The Labute approximate surface area is 168 Å². The molecule has 2 rings (SSSR count). The minimum atomic E-state index is -1.79. The van der Waals surface area contributed by atoms with Crippen LogP contribution in [0.5, 0.6) is 5.88 Å². The Bertz CT molecular complexity index is 684. The van der Waals surface area contributed by atoms with Gasteiger partial charge in [-0.1, -0.05) is 20.8 Å². The van der Waals surface area contributed by atoms with Gasteiger partial charge in [-0.25, -0.2) is 0 Å². The molecule has 0 aromatic carbocycles. The normalized spacial score (nSPS) is 21.0. The van der Waals surface area contributed by atoms with Crippen molar-refractivity contribution in [1.82, 2.24) is 9.78 Å². The number of hydrogen-bond acceptors (Lipinski definition) is 6. The van der Waals surface area contributed by atoms with Crippen LogP contribution in [0.25, 0.3) is 0 Å². The van der Waals surface area contributed by atoms with Gasteiger partial charge in [0.2, 0.25) is 0 Å². The second kappa shape index (κ2) is 8.92. The molecular weight excluding hydrogens is 378 g/mol. The third kappa shape index (κ3) is 5.33. The highest BCUT2D eigenvalue weighted by atomic mass is 28.4. The van der Waals surface area contributed by atoms with Crippen LogP contribution in [0.1, 0.15) is 58.7 Å². The molecule has 2 unspecified atom stereocenters. The van der Waals surface area contributed by atoms with Crippen molar-refractivity contribution in [2.75, 3.05) is 19.8 Å². The van der Waals surface area contributed by atoms with Gasteiger partial charge in [-0.05, 0) is 44.8 Å². The molecule has 0 amide bonds. The number of hydrogen-bond donors (Lipinski definition) is 0. The summed E-state index contributed by atoms with van der Waals surface area (Å²) < 4.78 is 19.2. The van der Waals surface area contributed by atoms with Crippen molar-refractivity contribution in [3.63, 3.8) is 0 Å². The molecule has 1 saturated heterocycles. The number of aromatic nitrogens is 2. The van der Waals surface area contributed by atoms with Gasteiger partial charge in [0.05, 0.1) is 23.7 Å². The first-order valence-corrected chi connectivity index (χ1v) is 13.0. The maximum absolute atomic E-state index is 11.6. The first-order chi connectivity index (χ1) is 12.9. The highest BCUT2D eigenvalue weighted by Crippen LogP contribution is 2.37. The van der Waals surface area contributed by atoms with Crippen LogP contribution in [0.15, 0.2) is 0 Å². The number of nitro groups is 1. The summed E-state index contributed by atoms with van der Waals surface area (Å²) in [5.41, 5.74) is 0.501. The van der Waals surface area contributed by atoms with Crippen molar-refractivity contribution < 1.29 is 18.8 Å². The summed E-state index contributed by atoms with van der Waals surface area (Å²) in [6.07, 6.45) is 2.38. The topological polar surface area (TPSA) is 88.7 Å². The summed E-state index contributed by atoms with van der Waals surface area (Å²) in [7, 11) is -1.79. The van der Waals surface area contributed by atoms with Gasteiger partial charge < -0.3 is 13.9 Å². The SMILES string of the molecule is Cc1c([N+](=O)[O-])c(OCCCO[Si](C)(C)C(C)(C)C)nn1C1CCOC(C)C1. The van der Waals surface area contributed by atoms with E-state index in [4.69, 9.17) is 13.9 Å². The number of nitrogens with zero attached hydrogens (tertiary/aromatic N) is 3. The summed E-state index contributed by atoms with van der Waals surface area (Å²) in [6, 6.07) is 0.0988. The molecule has 2 atom stereocenters. The number of rotatable bonds is 8. The highest BCUT2D eigenvalue weighted by molar-refractivity contribution is 6.74. The quantitative estimate of drug-likeness (QED) is 0.267. The molecule has 0 aliphatic carbocycles. The fourth-order valence-corrected chi connectivity index (χ4v) is 4.20. The molecule has 0 N–H and O–H groups in total. The van der Waals surface area contributed by atoms with Crippen LogP contribution < -0.4 is 4.74 Å². The Balaban J connectivity index is 1.99. The van der Waals surface area contributed by atoms with E-state index in [1.165, 1.54) is 0 Å². The zero-order chi connectivity index (χ0) is 21.1. The summed E-state index contributed by atoms with van der Waals surface area (Å²) in [6.45, 7) is 16.3.